The normalized spacial score (nSPS) is 10.7. The van der Waals surface area contributed by atoms with Crippen molar-refractivity contribution in [1.29, 1.82) is 0 Å². The summed E-state index contributed by atoms with van der Waals surface area (Å²) in [5, 5.41) is 0.280. The Bertz CT molecular complexity index is 1010. The van der Waals surface area contributed by atoms with Crippen molar-refractivity contribution in [3.8, 4) is 11.1 Å². The van der Waals surface area contributed by atoms with Gasteiger partial charge in [0, 0.05) is 10.9 Å². The molecule has 0 heterocycles. The molecule has 0 bridgehead atoms. The minimum absolute atomic E-state index is 0.0597. The van der Waals surface area contributed by atoms with Crippen molar-refractivity contribution in [2.24, 2.45) is 16.5 Å². The molecule has 0 saturated carbocycles. The molecule has 0 fully saturated rings. The summed E-state index contributed by atoms with van der Waals surface area (Å²) >= 11 is 0. The first kappa shape index (κ1) is 16.5. The van der Waals surface area contributed by atoms with E-state index in [4.69, 9.17) is 11.5 Å². The lowest BCUT2D eigenvalue weighted by Crippen LogP contribution is -2.24. The largest absolute Gasteiger partial charge is 0.370 e. The number of halogens is 3. The van der Waals surface area contributed by atoms with E-state index < -0.39 is 29.3 Å². The lowest BCUT2D eigenvalue weighted by molar-refractivity contribution is 0.100. The van der Waals surface area contributed by atoms with Gasteiger partial charge in [-0.25, -0.2) is 13.2 Å². The molecule has 0 atom stereocenters. The van der Waals surface area contributed by atoms with E-state index in [1.165, 1.54) is 30.3 Å². The molecule has 0 radical (unpaired) electrons. The molecule has 3 rings (SSSR count). The Kier molecular flexibility index (Phi) is 4.14. The van der Waals surface area contributed by atoms with Gasteiger partial charge in [0.25, 0.3) is 5.91 Å². The first-order valence-electron chi connectivity index (χ1n) is 7.19. The average Bonchev–Trinajstić information content (AvgIpc) is 2.55. The van der Waals surface area contributed by atoms with Crippen LogP contribution in [0.4, 0.5) is 13.2 Å². The van der Waals surface area contributed by atoms with Crippen LogP contribution in [0.25, 0.3) is 21.9 Å². The fourth-order valence-electron chi connectivity index (χ4n) is 2.60. The number of nitrogens with zero attached hydrogens (tertiary/aromatic N) is 1. The summed E-state index contributed by atoms with van der Waals surface area (Å²) in [7, 11) is 0. The molecule has 1 amide bonds. The summed E-state index contributed by atoms with van der Waals surface area (Å²) in [5.41, 5.74) is 10.2. The number of aliphatic imine (C=N–C) groups is 1. The van der Waals surface area contributed by atoms with Gasteiger partial charge >= 0.3 is 0 Å². The van der Waals surface area contributed by atoms with Gasteiger partial charge in [-0.1, -0.05) is 18.2 Å². The zero-order valence-corrected chi connectivity index (χ0v) is 12.8. The van der Waals surface area contributed by atoms with E-state index in [9.17, 15) is 18.0 Å². The van der Waals surface area contributed by atoms with Crippen molar-refractivity contribution in [1.82, 2.24) is 0 Å². The monoisotopic (exact) mass is 343 g/mol. The summed E-state index contributed by atoms with van der Waals surface area (Å²) in [5.74, 6) is -3.35. The lowest BCUT2D eigenvalue weighted by Gasteiger charge is -2.11. The van der Waals surface area contributed by atoms with Gasteiger partial charge in [0.2, 0.25) is 0 Å². The topological polar surface area (TPSA) is 81.5 Å². The van der Waals surface area contributed by atoms with Gasteiger partial charge in [0.15, 0.2) is 5.96 Å². The summed E-state index contributed by atoms with van der Waals surface area (Å²) in [4.78, 5) is 15.4. The number of rotatable bonds is 2. The predicted octanol–water partition coefficient (Wildman–Crippen LogP) is 3.34. The van der Waals surface area contributed by atoms with E-state index in [-0.39, 0.29) is 27.5 Å². The number of hydrogen-bond donors (Lipinski definition) is 2. The molecule has 0 aliphatic heterocycles. The molecule has 4 N–H and O–H groups in total. The molecule has 7 heteroatoms. The Hall–Kier alpha value is -3.35. The number of hydrogen-bond acceptors (Lipinski definition) is 1. The number of fused-ring (bicyclic) bond motifs is 1. The zero-order chi connectivity index (χ0) is 18.1. The van der Waals surface area contributed by atoms with Gasteiger partial charge in [-0.05, 0) is 41.3 Å². The van der Waals surface area contributed by atoms with Gasteiger partial charge in [0.1, 0.15) is 17.5 Å². The third-order valence-electron chi connectivity index (χ3n) is 3.67. The number of amides is 1. The SMILES string of the molecule is NC(N)=NC(=O)c1ccc2c(F)ccc(-c3c(F)cccc3F)c2c1. The third kappa shape index (κ3) is 3.03. The fraction of sp³-hybridized carbons (Fsp3) is 0. The van der Waals surface area contributed by atoms with Gasteiger partial charge in [-0.3, -0.25) is 4.79 Å². The predicted molar refractivity (Wildman–Crippen MR) is 89.4 cm³/mol. The molecule has 3 aromatic carbocycles. The molecule has 4 nitrogen and oxygen atoms in total. The Morgan fingerprint density at radius 3 is 2.16 bits per heavy atom. The van der Waals surface area contributed by atoms with E-state index >= 15 is 0 Å². The molecule has 0 aromatic heterocycles. The van der Waals surface area contributed by atoms with Crippen molar-refractivity contribution in [3.05, 3.63) is 71.5 Å². The Morgan fingerprint density at radius 1 is 0.840 bits per heavy atom. The first-order valence-corrected chi connectivity index (χ1v) is 7.19. The van der Waals surface area contributed by atoms with E-state index in [2.05, 4.69) is 4.99 Å². The standard InChI is InChI=1S/C18H12F3N3O/c19-13-7-6-11(16-14(20)2-1-3-15(16)21)12-8-9(4-5-10(12)13)17(25)24-18(22)23/h1-8H,(H4,22,23,24,25). The maximum atomic E-state index is 14.1. The second kappa shape index (κ2) is 6.27. The quantitative estimate of drug-likeness (QED) is 0.553. The highest BCUT2D eigenvalue weighted by Gasteiger charge is 2.17. The van der Waals surface area contributed by atoms with Crippen molar-refractivity contribution in [3.63, 3.8) is 0 Å². The third-order valence-corrected chi connectivity index (χ3v) is 3.67. The van der Waals surface area contributed by atoms with Crippen LogP contribution in [0.2, 0.25) is 0 Å². The highest BCUT2D eigenvalue weighted by molar-refractivity contribution is 6.06. The molecule has 126 valence electrons. The van der Waals surface area contributed by atoms with Crippen LogP contribution in [0, 0.1) is 17.5 Å². The molecule has 25 heavy (non-hydrogen) atoms. The minimum Gasteiger partial charge on any atom is -0.370 e. The highest BCUT2D eigenvalue weighted by Crippen LogP contribution is 2.34. The van der Waals surface area contributed by atoms with Crippen LogP contribution in [-0.4, -0.2) is 11.9 Å². The first-order chi connectivity index (χ1) is 11.9. The number of benzene rings is 3. The van der Waals surface area contributed by atoms with Crippen molar-refractivity contribution < 1.29 is 18.0 Å². The number of guanidine groups is 1. The highest BCUT2D eigenvalue weighted by atomic mass is 19.1. The molecular formula is C18H12F3N3O. The molecule has 0 spiro atoms. The van der Waals surface area contributed by atoms with Crippen LogP contribution in [0.1, 0.15) is 10.4 Å². The lowest BCUT2D eigenvalue weighted by atomic mass is 9.95. The summed E-state index contributed by atoms with van der Waals surface area (Å²) in [6.07, 6.45) is 0. The summed E-state index contributed by atoms with van der Waals surface area (Å²) < 4.78 is 42.4. The molecule has 0 saturated heterocycles. The number of carbonyl (C=O) groups excluding carboxylic acids is 1. The zero-order valence-electron chi connectivity index (χ0n) is 12.8. The van der Waals surface area contributed by atoms with E-state index in [0.29, 0.717) is 0 Å². The van der Waals surface area contributed by atoms with Crippen LogP contribution in [0.3, 0.4) is 0 Å². The second-order valence-corrected chi connectivity index (χ2v) is 5.29. The van der Waals surface area contributed by atoms with Gasteiger partial charge < -0.3 is 11.5 Å². The summed E-state index contributed by atoms with van der Waals surface area (Å²) in [6.45, 7) is 0. The van der Waals surface area contributed by atoms with Crippen molar-refractivity contribution in [2.75, 3.05) is 0 Å². The van der Waals surface area contributed by atoms with Crippen LogP contribution < -0.4 is 11.5 Å². The van der Waals surface area contributed by atoms with Crippen molar-refractivity contribution >= 4 is 22.6 Å². The Labute approximate surface area is 140 Å². The molecule has 0 unspecified atom stereocenters. The number of carbonyl (C=O) groups is 1. The second-order valence-electron chi connectivity index (χ2n) is 5.29. The van der Waals surface area contributed by atoms with Gasteiger partial charge in [-0.2, -0.15) is 4.99 Å². The van der Waals surface area contributed by atoms with Crippen LogP contribution >= 0.6 is 0 Å². The molecule has 0 aliphatic carbocycles. The maximum Gasteiger partial charge on any atom is 0.280 e. The van der Waals surface area contributed by atoms with Gasteiger partial charge in [-0.15, -0.1) is 0 Å². The Morgan fingerprint density at radius 2 is 1.52 bits per heavy atom. The van der Waals surface area contributed by atoms with Crippen LogP contribution in [-0.2, 0) is 0 Å². The van der Waals surface area contributed by atoms with E-state index in [1.807, 2.05) is 0 Å². The van der Waals surface area contributed by atoms with Crippen LogP contribution in [0.5, 0.6) is 0 Å². The minimum atomic E-state index is -0.797. The van der Waals surface area contributed by atoms with E-state index in [0.717, 1.165) is 18.2 Å². The Balaban J connectivity index is 2.32. The smallest absolute Gasteiger partial charge is 0.280 e. The summed E-state index contributed by atoms with van der Waals surface area (Å²) in [6, 6.07) is 9.77. The maximum absolute atomic E-state index is 14.1. The molecule has 0 aliphatic rings. The van der Waals surface area contributed by atoms with Crippen LogP contribution in [0.15, 0.2) is 53.5 Å². The van der Waals surface area contributed by atoms with Gasteiger partial charge in [0.05, 0.1) is 5.56 Å². The van der Waals surface area contributed by atoms with E-state index in [1.54, 1.807) is 0 Å². The molecular weight excluding hydrogens is 331 g/mol. The molecule has 3 aromatic rings. The average molecular weight is 343 g/mol. The fourth-order valence-corrected chi connectivity index (χ4v) is 2.60. The van der Waals surface area contributed by atoms with Crippen molar-refractivity contribution in [2.45, 2.75) is 0 Å². The number of nitrogens with two attached hydrogens (primary N) is 2.